The summed E-state index contributed by atoms with van der Waals surface area (Å²) < 4.78 is 1.21. The molecule has 0 radical (unpaired) electrons. The highest BCUT2D eigenvalue weighted by Crippen LogP contribution is 2.27. The predicted molar refractivity (Wildman–Crippen MR) is 90.1 cm³/mol. The molecule has 0 aromatic heterocycles. The van der Waals surface area contributed by atoms with Gasteiger partial charge in [-0.05, 0) is 51.5 Å². The molecule has 1 fully saturated rings. The first kappa shape index (κ1) is 16.0. The summed E-state index contributed by atoms with van der Waals surface area (Å²) in [6, 6.07) is 9.78. The van der Waals surface area contributed by atoms with Gasteiger partial charge in [0, 0.05) is 16.6 Å². The fraction of sp³-hybridized carbons (Fsp3) is 0.647. The number of rotatable bonds is 6. The molecule has 1 aliphatic carbocycles. The van der Waals surface area contributed by atoms with E-state index in [2.05, 4.69) is 64.5 Å². The first-order chi connectivity index (χ1) is 9.72. The minimum atomic E-state index is 0.427. The second-order valence-corrected chi connectivity index (χ2v) is 6.78. The largest absolute Gasteiger partial charge is 0.313 e. The van der Waals surface area contributed by atoms with Crippen LogP contribution in [0.1, 0.15) is 50.1 Å². The van der Waals surface area contributed by atoms with Crippen molar-refractivity contribution in [3.8, 4) is 0 Å². The van der Waals surface area contributed by atoms with Crippen LogP contribution in [0.4, 0.5) is 0 Å². The zero-order valence-electron chi connectivity index (χ0n) is 12.7. The summed E-state index contributed by atoms with van der Waals surface area (Å²) in [5, 5.41) is 3.46. The predicted octanol–water partition coefficient (Wildman–Crippen LogP) is 4.36. The number of hydrogen-bond donors (Lipinski definition) is 1. The second-order valence-electron chi connectivity index (χ2n) is 5.92. The van der Waals surface area contributed by atoms with E-state index in [4.69, 9.17) is 0 Å². The summed E-state index contributed by atoms with van der Waals surface area (Å²) in [7, 11) is 4.35. The molecule has 1 atom stereocenters. The van der Waals surface area contributed by atoms with Crippen molar-refractivity contribution in [1.82, 2.24) is 10.2 Å². The summed E-state index contributed by atoms with van der Waals surface area (Å²) in [6.07, 6.45) is 8.18. The molecule has 0 saturated heterocycles. The SMILES string of the molecule is CNC(CCN(C)C1CCCCC1)c1ccccc1Br. The molecule has 3 heteroatoms. The highest BCUT2D eigenvalue weighted by Gasteiger charge is 2.19. The Labute approximate surface area is 132 Å². The lowest BCUT2D eigenvalue weighted by atomic mass is 9.94. The molecule has 2 nitrogen and oxygen atoms in total. The van der Waals surface area contributed by atoms with Crippen molar-refractivity contribution in [1.29, 1.82) is 0 Å². The van der Waals surface area contributed by atoms with Crippen LogP contribution < -0.4 is 5.32 Å². The highest BCUT2D eigenvalue weighted by molar-refractivity contribution is 9.10. The van der Waals surface area contributed by atoms with E-state index >= 15 is 0 Å². The van der Waals surface area contributed by atoms with Gasteiger partial charge in [0.05, 0.1) is 0 Å². The Kier molecular flexibility index (Phi) is 6.53. The third-order valence-electron chi connectivity index (χ3n) is 4.60. The van der Waals surface area contributed by atoms with Crippen LogP contribution in [0.3, 0.4) is 0 Å². The van der Waals surface area contributed by atoms with E-state index in [1.807, 2.05) is 0 Å². The normalized spacial score (nSPS) is 18.4. The van der Waals surface area contributed by atoms with E-state index in [0.29, 0.717) is 6.04 Å². The quantitative estimate of drug-likeness (QED) is 0.828. The van der Waals surface area contributed by atoms with E-state index in [-0.39, 0.29) is 0 Å². The van der Waals surface area contributed by atoms with Crippen LogP contribution in [0.2, 0.25) is 0 Å². The van der Waals surface area contributed by atoms with Gasteiger partial charge in [0.15, 0.2) is 0 Å². The average Bonchev–Trinajstić information content (AvgIpc) is 2.50. The molecule has 1 unspecified atom stereocenters. The van der Waals surface area contributed by atoms with Crippen molar-refractivity contribution >= 4 is 15.9 Å². The minimum absolute atomic E-state index is 0.427. The van der Waals surface area contributed by atoms with Crippen molar-refractivity contribution < 1.29 is 0 Å². The van der Waals surface area contributed by atoms with Crippen molar-refractivity contribution in [2.24, 2.45) is 0 Å². The summed E-state index contributed by atoms with van der Waals surface area (Å²) in [5.41, 5.74) is 1.37. The number of hydrogen-bond acceptors (Lipinski definition) is 2. The van der Waals surface area contributed by atoms with Crippen LogP contribution in [0, 0.1) is 0 Å². The van der Waals surface area contributed by atoms with Crippen LogP contribution in [0.25, 0.3) is 0 Å². The van der Waals surface area contributed by atoms with Gasteiger partial charge < -0.3 is 10.2 Å². The van der Waals surface area contributed by atoms with Crippen LogP contribution >= 0.6 is 15.9 Å². The first-order valence-corrected chi connectivity index (χ1v) is 8.63. The maximum Gasteiger partial charge on any atom is 0.0340 e. The maximum absolute atomic E-state index is 3.67. The summed E-state index contributed by atoms with van der Waals surface area (Å²) in [6.45, 7) is 1.16. The van der Waals surface area contributed by atoms with Crippen LogP contribution in [-0.2, 0) is 0 Å². The molecule has 0 bridgehead atoms. The molecule has 0 aliphatic heterocycles. The molecule has 0 heterocycles. The van der Waals surface area contributed by atoms with E-state index in [1.54, 1.807) is 0 Å². The fourth-order valence-electron chi connectivity index (χ4n) is 3.25. The third-order valence-corrected chi connectivity index (χ3v) is 5.32. The van der Waals surface area contributed by atoms with E-state index in [0.717, 1.165) is 19.0 Å². The van der Waals surface area contributed by atoms with Gasteiger partial charge in [-0.3, -0.25) is 0 Å². The number of halogens is 1. The second kappa shape index (κ2) is 8.16. The summed E-state index contributed by atoms with van der Waals surface area (Å²) in [4.78, 5) is 2.57. The lowest BCUT2D eigenvalue weighted by molar-refractivity contribution is 0.184. The topological polar surface area (TPSA) is 15.3 Å². The molecule has 1 saturated carbocycles. The van der Waals surface area contributed by atoms with Gasteiger partial charge in [0.1, 0.15) is 0 Å². The molecule has 2 rings (SSSR count). The molecular weight excluding hydrogens is 312 g/mol. The minimum Gasteiger partial charge on any atom is -0.313 e. The monoisotopic (exact) mass is 338 g/mol. The lowest BCUT2D eigenvalue weighted by Crippen LogP contribution is -2.35. The molecule has 20 heavy (non-hydrogen) atoms. The average molecular weight is 339 g/mol. The van der Waals surface area contributed by atoms with Crippen molar-refractivity contribution in [2.45, 2.75) is 50.6 Å². The lowest BCUT2D eigenvalue weighted by Gasteiger charge is -2.32. The van der Waals surface area contributed by atoms with Crippen molar-refractivity contribution in [2.75, 3.05) is 20.6 Å². The van der Waals surface area contributed by atoms with E-state index < -0.39 is 0 Å². The molecular formula is C17H27BrN2. The number of benzene rings is 1. The Morgan fingerprint density at radius 3 is 2.60 bits per heavy atom. The van der Waals surface area contributed by atoms with Gasteiger partial charge in [-0.25, -0.2) is 0 Å². The highest BCUT2D eigenvalue weighted by atomic mass is 79.9. The molecule has 0 amide bonds. The standard InChI is InChI=1S/C17H27BrN2/c1-19-17(15-10-6-7-11-16(15)18)12-13-20(2)14-8-4-3-5-9-14/h6-7,10-11,14,17,19H,3-5,8-9,12-13H2,1-2H3. The van der Waals surface area contributed by atoms with Gasteiger partial charge in [0.2, 0.25) is 0 Å². The van der Waals surface area contributed by atoms with Gasteiger partial charge in [-0.2, -0.15) is 0 Å². The Balaban J connectivity index is 1.89. The van der Waals surface area contributed by atoms with Gasteiger partial charge >= 0.3 is 0 Å². The van der Waals surface area contributed by atoms with Gasteiger partial charge in [-0.1, -0.05) is 53.4 Å². The molecule has 1 aromatic carbocycles. The zero-order chi connectivity index (χ0) is 14.4. The smallest absolute Gasteiger partial charge is 0.0340 e. The van der Waals surface area contributed by atoms with Crippen LogP contribution in [-0.4, -0.2) is 31.6 Å². The van der Waals surface area contributed by atoms with E-state index in [9.17, 15) is 0 Å². The molecule has 1 N–H and O–H groups in total. The third kappa shape index (κ3) is 4.31. The Morgan fingerprint density at radius 2 is 1.95 bits per heavy atom. The number of nitrogens with one attached hydrogen (secondary N) is 1. The molecule has 1 aromatic rings. The van der Waals surface area contributed by atoms with Crippen LogP contribution in [0.15, 0.2) is 28.7 Å². The van der Waals surface area contributed by atoms with E-state index in [1.165, 1.54) is 42.1 Å². The number of nitrogens with zero attached hydrogens (tertiary/aromatic N) is 1. The summed E-state index contributed by atoms with van der Waals surface area (Å²) in [5.74, 6) is 0. The van der Waals surface area contributed by atoms with Gasteiger partial charge in [-0.15, -0.1) is 0 Å². The van der Waals surface area contributed by atoms with Crippen molar-refractivity contribution in [3.63, 3.8) is 0 Å². The van der Waals surface area contributed by atoms with Crippen LogP contribution in [0.5, 0.6) is 0 Å². The molecule has 0 spiro atoms. The Bertz CT molecular complexity index is 402. The Morgan fingerprint density at radius 1 is 1.25 bits per heavy atom. The molecule has 112 valence electrons. The maximum atomic E-state index is 3.67. The fourth-order valence-corrected chi connectivity index (χ4v) is 3.81. The Hall–Kier alpha value is -0.380. The first-order valence-electron chi connectivity index (χ1n) is 7.84. The molecule has 1 aliphatic rings. The van der Waals surface area contributed by atoms with Gasteiger partial charge in [0.25, 0.3) is 0 Å². The van der Waals surface area contributed by atoms with Crippen molar-refractivity contribution in [3.05, 3.63) is 34.3 Å². The zero-order valence-corrected chi connectivity index (χ0v) is 14.3. The summed E-state index contributed by atoms with van der Waals surface area (Å²) >= 11 is 3.67.